The van der Waals surface area contributed by atoms with Crippen LogP contribution in [0.3, 0.4) is 0 Å². The minimum atomic E-state index is -0.285. The first-order valence-electron chi connectivity index (χ1n) is 12.9. The molecule has 1 unspecified atom stereocenters. The van der Waals surface area contributed by atoms with Gasteiger partial charge in [0.2, 0.25) is 0 Å². The van der Waals surface area contributed by atoms with Gasteiger partial charge < -0.3 is 14.8 Å². The van der Waals surface area contributed by atoms with Crippen LogP contribution >= 0.6 is 0 Å². The molecule has 0 fully saturated rings. The Morgan fingerprint density at radius 2 is 1.61 bits per heavy atom. The van der Waals surface area contributed by atoms with Gasteiger partial charge in [-0.1, -0.05) is 65.7 Å². The first-order valence-corrected chi connectivity index (χ1v) is 12.9. The molecular formula is C32H31N5O. The van der Waals surface area contributed by atoms with Gasteiger partial charge in [-0.15, -0.1) is 0 Å². The fourth-order valence-corrected chi connectivity index (χ4v) is 5.39. The number of amides is 2. The predicted molar refractivity (Wildman–Crippen MR) is 151 cm³/mol. The van der Waals surface area contributed by atoms with Crippen LogP contribution in [0.4, 0.5) is 10.5 Å². The lowest BCUT2D eigenvalue weighted by Gasteiger charge is -2.31. The molecule has 0 spiro atoms. The van der Waals surface area contributed by atoms with E-state index in [1.807, 2.05) is 59.8 Å². The van der Waals surface area contributed by atoms with Crippen LogP contribution in [-0.4, -0.2) is 25.3 Å². The fourth-order valence-electron chi connectivity index (χ4n) is 5.39. The third-order valence-corrected chi connectivity index (χ3v) is 7.36. The summed E-state index contributed by atoms with van der Waals surface area (Å²) in [6.07, 6.45) is 2.07. The van der Waals surface area contributed by atoms with Gasteiger partial charge in [0, 0.05) is 17.4 Å². The van der Waals surface area contributed by atoms with E-state index in [-0.39, 0.29) is 12.1 Å². The first kappa shape index (κ1) is 23.8. The molecule has 1 atom stereocenters. The summed E-state index contributed by atoms with van der Waals surface area (Å²) in [5.74, 6) is 0.965. The number of nitrogens with one attached hydrogen (secondary N) is 1. The smallest absolute Gasteiger partial charge is 0.308 e. The number of anilines is 1. The number of carbonyl (C=O) groups excluding carboxylic acids is 1. The van der Waals surface area contributed by atoms with E-state index in [0.717, 1.165) is 45.3 Å². The summed E-state index contributed by atoms with van der Waals surface area (Å²) in [5, 5.41) is 8.14. The predicted octanol–water partition coefficient (Wildman–Crippen LogP) is 7.03. The molecule has 38 heavy (non-hydrogen) atoms. The zero-order valence-corrected chi connectivity index (χ0v) is 22.1. The van der Waals surface area contributed by atoms with Crippen LogP contribution in [0.2, 0.25) is 0 Å². The summed E-state index contributed by atoms with van der Waals surface area (Å²) in [5.41, 5.74) is 9.19. The van der Waals surface area contributed by atoms with Crippen LogP contribution < -0.4 is 5.32 Å². The number of aryl methyl sites for hydroxylation is 4. The number of carbonyl (C=O) groups is 1. The van der Waals surface area contributed by atoms with Crippen LogP contribution in [0.15, 0.2) is 91.1 Å². The van der Waals surface area contributed by atoms with Crippen molar-refractivity contribution in [3.63, 3.8) is 0 Å². The van der Waals surface area contributed by atoms with Gasteiger partial charge in [0.05, 0.1) is 29.7 Å². The highest BCUT2D eigenvalue weighted by Gasteiger charge is 2.36. The highest BCUT2D eigenvalue weighted by Crippen LogP contribution is 2.39. The van der Waals surface area contributed by atoms with E-state index in [1.54, 1.807) is 0 Å². The SMILES string of the molecule is Cc1ccc(C2c3cccn3-c3c(c(C)nn3-c3ccccc3)CN2C(=O)Nc2ccc(C)cc2C)cc1. The normalized spacial score (nSPS) is 14.5. The van der Waals surface area contributed by atoms with Gasteiger partial charge in [0.25, 0.3) is 0 Å². The molecule has 1 N–H and O–H groups in total. The van der Waals surface area contributed by atoms with Gasteiger partial charge in [0.15, 0.2) is 0 Å². The van der Waals surface area contributed by atoms with Crippen LogP contribution in [-0.2, 0) is 6.54 Å². The number of benzene rings is 3. The highest BCUT2D eigenvalue weighted by molar-refractivity contribution is 5.91. The van der Waals surface area contributed by atoms with Gasteiger partial charge in [-0.3, -0.25) is 0 Å². The quantitative estimate of drug-likeness (QED) is 0.288. The van der Waals surface area contributed by atoms with Crippen molar-refractivity contribution >= 4 is 11.7 Å². The summed E-state index contributed by atoms with van der Waals surface area (Å²) in [7, 11) is 0. The summed E-state index contributed by atoms with van der Waals surface area (Å²) in [4.78, 5) is 16.1. The summed E-state index contributed by atoms with van der Waals surface area (Å²) in [6.45, 7) is 8.61. The molecule has 0 saturated carbocycles. The molecule has 0 radical (unpaired) electrons. The van der Waals surface area contributed by atoms with Crippen LogP contribution in [0.25, 0.3) is 11.5 Å². The van der Waals surface area contributed by atoms with Crippen molar-refractivity contribution in [2.24, 2.45) is 0 Å². The monoisotopic (exact) mass is 501 g/mol. The maximum absolute atomic E-state index is 14.1. The van der Waals surface area contributed by atoms with Crippen molar-refractivity contribution in [3.05, 3.63) is 130 Å². The summed E-state index contributed by atoms with van der Waals surface area (Å²) < 4.78 is 4.18. The number of rotatable bonds is 3. The summed E-state index contributed by atoms with van der Waals surface area (Å²) in [6, 6.07) is 28.5. The molecule has 0 saturated heterocycles. The second-order valence-corrected chi connectivity index (χ2v) is 10.1. The molecule has 0 aliphatic carbocycles. The van der Waals surface area contributed by atoms with Crippen molar-refractivity contribution < 1.29 is 4.79 Å². The van der Waals surface area contributed by atoms with E-state index >= 15 is 0 Å². The number of nitrogens with zero attached hydrogens (tertiary/aromatic N) is 4. The number of aromatic nitrogens is 3. The Hall–Kier alpha value is -4.58. The van der Waals surface area contributed by atoms with E-state index in [9.17, 15) is 4.79 Å². The lowest BCUT2D eigenvalue weighted by atomic mass is 10.0. The Morgan fingerprint density at radius 3 is 2.34 bits per heavy atom. The van der Waals surface area contributed by atoms with Crippen LogP contribution in [0, 0.1) is 27.7 Å². The Kier molecular flexibility index (Phi) is 5.87. The van der Waals surface area contributed by atoms with E-state index in [1.165, 1.54) is 11.1 Å². The van der Waals surface area contributed by atoms with Crippen molar-refractivity contribution in [3.8, 4) is 11.5 Å². The Balaban J connectivity index is 1.53. The van der Waals surface area contributed by atoms with Crippen LogP contribution in [0.5, 0.6) is 0 Å². The molecule has 1 aliphatic heterocycles. The highest BCUT2D eigenvalue weighted by atomic mass is 16.2. The maximum atomic E-state index is 14.1. The van der Waals surface area contributed by atoms with E-state index in [0.29, 0.717) is 6.54 Å². The Labute approximate surface area is 223 Å². The minimum absolute atomic E-state index is 0.144. The molecule has 0 bridgehead atoms. The number of para-hydroxylation sites is 1. The molecule has 2 amide bonds. The third-order valence-electron chi connectivity index (χ3n) is 7.36. The first-order chi connectivity index (χ1) is 18.4. The van der Waals surface area contributed by atoms with Crippen molar-refractivity contribution in [1.82, 2.24) is 19.2 Å². The van der Waals surface area contributed by atoms with E-state index < -0.39 is 0 Å². The molecule has 6 nitrogen and oxygen atoms in total. The lowest BCUT2D eigenvalue weighted by molar-refractivity contribution is 0.194. The molecule has 2 aromatic heterocycles. The number of hydrogen-bond acceptors (Lipinski definition) is 2. The Bertz CT molecular complexity index is 1630. The molecule has 1 aliphatic rings. The number of hydrogen-bond donors (Lipinski definition) is 1. The van der Waals surface area contributed by atoms with Crippen LogP contribution in [0.1, 0.15) is 45.2 Å². The van der Waals surface area contributed by atoms with Crippen molar-refractivity contribution in [1.29, 1.82) is 0 Å². The van der Waals surface area contributed by atoms with Gasteiger partial charge in [-0.2, -0.15) is 5.10 Å². The molecule has 6 heteroatoms. The van der Waals surface area contributed by atoms with Gasteiger partial charge in [-0.05, 0) is 69.2 Å². The Morgan fingerprint density at radius 1 is 0.868 bits per heavy atom. The average molecular weight is 502 g/mol. The van der Waals surface area contributed by atoms with Gasteiger partial charge >= 0.3 is 6.03 Å². The van der Waals surface area contributed by atoms with E-state index in [2.05, 4.69) is 78.5 Å². The largest absolute Gasteiger partial charge is 0.322 e. The lowest BCUT2D eigenvalue weighted by Crippen LogP contribution is -2.38. The molecule has 6 rings (SSSR count). The topological polar surface area (TPSA) is 55.1 Å². The van der Waals surface area contributed by atoms with Crippen molar-refractivity contribution in [2.45, 2.75) is 40.3 Å². The van der Waals surface area contributed by atoms with E-state index in [4.69, 9.17) is 5.10 Å². The molecular weight excluding hydrogens is 470 g/mol. The zero-order valence-electron chi connectivity index (χ0n) is 22.1. The maximum Gasteiger partial charge on any atom is 0.322 e. The third kappa shape index (κ3) is 4.08. The number of fused-ring (bicyclic) bond motifs is 3. The molecule has 3 aromatic carbocycles. The molecule has 3 heterocycles. The van der Waals surface area contributed by atoms with Gasteiger partial charge in [0.1, 0.15) is 5.82 Å². The van der Waals surface area contributed by atoms with Crippen molar-refractivity contribution in [2.75, 3.05) is 5.32 Å². The summed E-state index contributed by atoms with van der Waals surface area (Å²) >= 11 is 0. The molecule has 190 valence electrons. The fraction of sp³-hybridized carbons (Fsp3) is 0.188. The van der Waals surface area contributed by atoms with Gasteiger partial charge in [-0.25, -0.2) is 9.48 Å². The number of urea groups is 1. The second-order valence-electron chi connectivity index (χ2n) is 10.1. The minimum Gasteiger partial charge on any atom is -0.308 e. The average Bonchev–Trinajstić information content (AvgIpc) is 3.47. The second kappa shape index (κ2) is 9.38. The zero-order chi connectivity index (χ0) is 26.4. The molecule has 5 aromatic rings. The standard InChI is InChI=1S/C32H31N5O/c1-21-12-15-25(16-13-21)30-29-11-8-18-35(29)31-27(24(4)34-37(31)26-9-6-5-7-10-26)20-36(30)32(38)33-28-17-14-22(2)19-23(28)3/h5-19,30H,20H2,1-4H3,(H,33,38).